The largest absolute Gasteiger partial charge is 0.378 e. The Morgan fingerprint density at radius 3 is 2.69 bits per heavy atom. The van der Waals surface area contributed by atoms with Crippen LogP contribution in [0.3, 0.4) is 0 Å². The number of nitrogens with two attached hydrogens (primary N) is 1. The second-order valence-electron chi connectivity index (χ2n) is 6.11. The molecule has 2 aromatic heterocycles. The standard InChI is InChI=1S/C20H25ClN4O/c1-3-15(5-6-17(21)4-2)18-14-25-19(11-16(18)12-22)23-13-20(25)24-7-9-26-10-8-24/h3-6,11,13-14H,7-10,12,22H2,1-2H3/b6-5-,15-3-,17-4+. The SMILES string of the molecule is C/C=C(/C=C\C(Cl)=C/C)c1cn2c(N3CCOCC3)cnc2cc1CN. The van der Waals surface area contributed by atoms with Crippen molar-refractivity contribution in [2.24, 2.45) is 5.73 Å². The van der Waals surface area contributed by atoms with Gasteiger partial charge >= 0.3 is 0 Å². The fraction of sp³-hybridized carbons (Fsp3) is 0.350. The van der Waals surface area contributed by atoms with Crippen LogP contribution in [0.5, 0.6) is 0 Å². The number of rotatable bonds is 5. The van der Waals surface area contributed by atoms with Gasteiger partial charge in [-0.25, -0.2) is 4.98 Å². The molecule has 138 valence electrons. The van der Waals surface area contributed by atoms with E-state index in [0.717, 1.165) is 54.5 Å². The maximum atomic E-state index is 6.12. The number of anilines is 1. The van der Waals surface area contributed by atoms with E-state index in [1.165, 1.54) is 0 Å². The first-order valence-corrected chi connectivity index (χ1v) is 9.25. The van der Waals surface area contributed by atoms with Crippen LogP contribution in [0.15, 0.2) is 47.8 Å². The number of fused-ring (bicyclic) bond motifs is 1. The molecule has 0 atom stereocenters. The molecule has 0 unspecified atom stereocenters. The molecular formula is C20H25ClN4O. The van der Waals surface area contributed by atoms with Crippen LogP contribution in [0.25, 0.3) is 11.2 Å². The molecule has 0 bridgehead atoms. The summed E-state index contributed by atoms with van der Waals surface area (Å²) in [6.07, 6.45) is 11.9. The summed E-state index contributed by atoms with van der Waals surface area (Å²) in [6, 6.07) is 2.06. The quantitative estimate of drug-likeness (QED) is 0.812. The smallest absolute Gasteiger partial charge is 0.138 e. The molecule has 1 aliphatic rings. The topological polar surface area (TPSA) is 55.8 Å². The lowest BCUT2D eigenvalue weighted by atomic mass is 10.0. The Labute approximate surface area is 159 Å². The third-order valence-electron chi connectivity index (χ3n) is 4.59. The number of aromatic nitrogens is 2. The fourth-order valence-electron chi connectivity index (χ4n) is 3.11. The first-order chi connectivity index (χ1) is 12.7. The Morgan fingerprint density at radius 2 is 2.04 bits per heavy atom. The average Bonchev–Trinajstić information content (AvgIpc) is 3.11. The van der Waals surface area contributed by atoms with Crippen molar-refractivity contribution in [3.05, 3.63) is 58.9 Å². The lowest BCUT2D eigenvalue weighted by Gasteiger charge is -2.28. The minimum absolute atomic E-state index is 0.452. The van der Waals surface area contributed by atoms with Crippen LogP contribution in [-0.2, 0) is 11.3 Å². The number of ether oxygens (including phenoxy) is 1. The van der Waals surface area contributed by atoms with Crippen LogP contribution in [0.1, 0.15) is 25.0 Å². The van der Waals surface area contributed by atoms with Crippen LogP contribution < -0.4 is 10.6 Å². The minimum Gasteiger partial charge on any atom is -0.378 e. The highest BCUT2D eigenvalue weighted by Crippen LogP contribution is 2.26. The van der Waals surface area contributed by atoms with Crippen molar-refractivity contribution in [1.82, 2.24) is 9.38 Å². The zero-order valence-corrected chi connectivity index (χ0v) is 16.0. The molecule has 2 aromatic rings. The molecule has 0 amide bonds. The summed E-state index contributed by atoms with van der Waals surface area (Å²) in [5.41, 5.74) is 10.1. The molecule has 2 N–H and O–H groups in total. The van der Waals surface area contributed by atoms with Crippen molar-refractivity contribution < 1.29 is 4.74 Å². The van der Waals surface area contributed by atoms with Crippen LogP contribution >= 0.6 is 11.6 Å². The predicted molar refractivity (Wildman–Crippen MR) is 109 cm³/mol. The molecule has 6 heteroatoms. The molecule has 1 fully saturated rings. The maximum absolute atomic E-state index is 6.12. The van der Waals surface area contributed by atoms with Gasteiger partial charge < -0.3 is 15.4 Å². The zero-order chi connectivity index (χ0) is 18.5. The normalized spacial score (nSPS) is 16.8. The average molecular weight is 373 g/mol. The molecule has 0 saturated carbocycles. The highest BCUT2D eigenvalue weighted by atomic mass is 35.5. The first-order valence-electron chi connectivity index (χ1n) is 8.87. The molecule has 1 saturated heterocycles. The fourth-order valence-corrected chi connectivity index (χ4v) is 3.18. The van der Waals surface area contributed by atoms with Crippen molar-refractivity contribution in [1.29, 1.82) is 0 Å². The van der Waals surface area contributed by atoms with Gasteiger partial charge in [-0.1, -0.05) is 29.8 Å². The van der Waals surface area contributed by atoms with Gasteiger partial charge in [-0.3, -0.25) is 4.40 Å². The van der Waals surface area contributed by atoms with Gasteiger partial charge in [0.25, 0.3) is 0 Å². The van der Waals surface area contributed by atoms with E-state index in [1.807, 2.05) is 38.3 Å². The lowest BCUT2D eigenvalue weighted by molar-refractivity contribution is 0.122. The van der Waals surface area contributed by atoms with Gasteiger partial charge in [0.1, 0.15) is 11.5 Å². The molecule has 5 nitrogen and oxygen atoms in total. The molecule has 0 radical (unpaired) electrons. The summed E-state index contributed by atoms with van der Waals surface area (Å²) in [6.45, 7) is 7.61. The summed E-state index contributed by atoms with van der Waals surface area (Å²) < 4.78 is 7.60. The number of morpholine rings is 1. The van der Waals surface area contributed by atoms with Crippen LogP contribution in [-0.4, -0.2) is 35.7 Å². The highest BCUT2D eigenvalue weighted by molar-refractivity contribution is 6.31. The molecule has 3 rings (SSSR count). The molecular weight excluding hydrogens is 348 g/mol. The molecule has 3 heterocycles. The summed E-state index contributed by atoms with van der Waals surface area (Å²) in [4.78, 5) is 6.88. The number of hydrogen-bond acceptors (Lipinski definition) is 4. The number of pyridine rings is 1. The lowest BCUT2D eigenvalue weighted by Crippen LogP contribution is -2.36. The molecule has 0 aromatic carbocycles. The van der Waals surface area contributed by atoms with Gasteiger partial charge in [0.15, 0.2) is 0 Å². The molecule has 0 spiro atoms. The number of nitrogens with zero attached hydrogens (tertiary/aromatic N) is 3. The Balaban J connectivity index is 2.07. The predicted octanol–water partition coefficient (Wildman–Crippen LogP) is 3.73. The van der Waals surface area contributed by atoms with E-state index < -0.39 is 0 Å². The van der Waals surface area contributed by atoms with Crippen LogP contribution in [0, 0.1) is 0 Å². The van der Waals surface area contributed by atoms with Gasteiger partial charge in [0.2, 0.25) is 0 Å². The number of allylic oxidation sites excluding steroid dienone is 6. The Hall–Kier alpha value is -2.08. The number of halogens is 1. The summed E-state index contributed by atoms with van der Waals surface area (Å²) in [5, 5.41) is 0.705. The van der Waals surface area contributed by atoms with E-state index >= 15 is 0 Å². The first kappa shape index (κ1) is 18.7. The zero-order valence-electron chi connectivity index (χ0n) is 15.3. The third-order valence-corrected chi connectivity index (χ3v) is 4.93. The van der Waals surface area contributed by atoms with Gasteiger partial charge in [0, 0.05) is 36.4 Å². The second kappa shape index (κ2) is 8.54. The second-order valence-corrected chi connectivity index (χ2v) is 6.55. The van der Waals surface area contributed by atoms with E-state index in [9.17, 15) is 0 Å². The summed E-state index contributed by atoms with van der Waals surface area (Å²) >= 11 is 6.12. The number of hydrogen-bond donors (Lipinski definition) is 1. The van der Waals surface area contributed by atoms with Crippen molar-refractivity contribution in [3.63, 3.8) is 0 Å². The highest BCUT2D eigenvalue weighted by Gasteiger charge is 2.17. The van der Waals surface area contributed by atoms with Crippen LogP contribution in [0.2, 0.25) is 0 Å². The third kappa shape index (κ3) is 3.85. The maximum Gasteiger partial charge on any atom is 0.138 e. The van der Waals surface area contributed by atoms with Gasteiger partial charge in [-0.15, -0.1) is 0 Å². The Bertz CT molecular complexity index is 860. The number of imidazole rings is 1. The van der Waals surface area contributed by atoms with Gasteiger partial charge in [-0.2, -0.15) is 0 Å². The van der Waals surface area contributed by atoms with E-state index in [0.29, 0.717) is 11.6 Å². The molecule has 0 aliphatic carbocycles. The van der Waals surface area contributed by atoms with Crippen molar-refractivity contribution >= 4 is 28.6 Å². The van der Waals surface area contributed by atoms with E-state index in [2.05, 4.69) is 32.6 Å². The summed E-state index contributed by atoms with van der Waals surface area (Å²) in [7, 11) is 0. The van der Waals surface area contributed by atoms with E-state index in [4.69, 9.17) is 22.1 Å². The van der Waals surface area contributed by atoms with Gasteiger partial charge in [-0.05, 0) is 37.1 Å². The Morgan fingerprint density at radius 1 is 1.27 bits per heavy atom. The van der Waals surface area contributed by atoms with Crippen LogP contribution in [0.4, 0.5) is 5.82 Å². The summed E-state index contributed by atoms with van der Waals surface area (Å²) in [5.74, 6) is 1.08. The van der Waals surface area contributed by atoms with Crippen molar-refractivity contribution in [2.45, 2.75) is 20.4 Å². The van der Waals surface area contributed by atoms with E-state index in [1.54, 1.807) is 0 Å². The monoisotopic (exact) mass is 372 g/mol. The Kier molecular flexibility index (Phi) is 6.14. The molecule has 26 heavy (non-hydrogen) atoms. The molecule has 1 aliphatic heterocycles. The van der Waals surface area contributed by atoms with Gasteiger partial charge in [0.05, 0.1) is 19.4 Å². The minimum atomic E-state index is 0.452. The van der Waals surface area contributed by atoms with Crippen molar-refractivity contribution in [3.8, 4) is 0 Å². The van der Waals surface area contributed by atoms with E-state index in [-0.39, 0.29) is 0 Å². The van der Waals surface area contributed by atoms with Crippen molar-refractivity contribution in [2.75, 3.05) is 31.2 Å².